The normalized spacial score (nSPS) is 16.7. The lowest BCUT2D eigenvalue weighted by Gasteiger charge is -2.39. The molecule has 3 aromatic carbocycles. The lowest BCUT2D eigenvalue weighted by Crippen LogP contribution is -2.54. The van der Waals surface area contributed by atoms with Crippen molar-refractivity contribution < 1.29 is 19.1 Å². The largest absolute Gasteiger partial charge is 0.469 e. The molecule has 0 unspecified atom stereocenters. The third-order valence-electron chi connectivity index (χ3n) is 6.85. The summed E-state index contributed by atoms with van der Waals surface area (Å²) < 4.78 is 11.2. The Labute approximate surface area is 229 Å². The van der Waals surface area contributed by atoms with Crippen LogP contribution in [0.3, 0.4) is 0 Å². The fraction of sp³-hybridized carbons (Fsp3) is 0.333. The summed E-state index contributed by atoms with van der Waals surface area (Å²) in [5, 5.41) is 6.51. The Morgan fingerprint density at radius 1 is 1.03 bits per heavy atom. The molecule has 38 heavy (non-hydrogen) atoms. The molecule has 0 bridgehead atoms. The van der Waals surface area contributed by atoms with Crippen LogP contribution in [0.25, 0.3) is 0 Å². The zero-order valence-corrected chi connectivity index (χ0v) is 22.5. The quantitative estimate of drug-likeness (QED) is 0.339. The van der Waals surface area contributed by atoms with Gasteiger partial charge in [-0.15, -0.1) is 0 Å². The standard InChI is InChI=1S/C30H34ClN3O4/c1-21(38-20-22-9-4-3-5-10-22)28(33-30(36)32-26-14-8-13-25(31)16-26)19-34-18-24-12-7-6-11-23(24)15-27(34)17-29(35)37-2/h3-14,16,21,27-28H,15,17-20H2,1-2H3,(H2,32,33,36)/t21-,27-,28+/m1/s1. The molecule has 0 fully saturated rings. The highest BCUT2D eigenvalue weighted by Crippen LogP contribution is 2.26. The van der Waals surface area contributed by atoms with E-state index >= 15 is 0 Å². The summed E-state index contributed by atoms with van der Waals surface area (Å²) in [6, 6.07) is 24.4. The van der Waals surface area contributed by atoms with E-state index in [1.54, 1.807) is 24.3 Å². The second-order valence-corrected chi connectivity index (χ2v) is 9.99. The second-order valence-electron chi connectivity index (χ2n) is 9.55. The molecule has 0 aromatic heterocycles. The highest BCUT2D eigenvalue weighted by molar-refractivity contribution is 6.30. The van der Waals surface area contributed by atoms with Gasteiger partial charge in [0.15, 0.2) is 0 Å². The van der Waals surface area contributed by atoms with Crippen molar-refractivity contribution in [3.05, 3.63) is 101 Å². The first-order chi connectivity index (χ1) is 18.4. The van der Waals surface area contributed by atoms with Crippen LogP contribution < -0.4 is 10.6 Å². The van der Waals surface area contributed by atoms with E-state index in [1.807, 2.05) is 49.4 Å². The minimum atomic E-state index is -0.358. The molecule has 0 saturated carbocycles. The van der Waals surface area contributed by atoms with E-state index < -0.39 is 0 Å². The summed E-state index contributed by atoms with van der Waals surface area (Å²) in [6.07, 6.45) is 0.688. The van der Waals surface area contributed by atoms with Gasteiger partial charge in [-0.1, -0.05) is 72.3 Å². The molecular weight excluding hydrogens is 502 g/mol. The minimum Gasteiger partial charge on any atom is -0.469 e. The van der Waals surface area contributed by atoms with Crippen LogP contribution in [-0.4, -0.2) is 48.7 Å². The number of nitrogens with one attached hydrogen (secondary N) is 2. The molecule has 0 radical (unpaired) electrons. The van der Waals surface area contributed by atoms with Crippen molar-refractivity contribution in [3.8, 4) is 0 Å². The van der Waals surface area contributed by atoms with E-state index in [-0.39, 0.29) is 36.6 Å². The van der Waals surface area contributed by atoms with Gasteiger partial charge in [-0.3, -0.25) is 9.69 Å². The van der Waals surface area contributed by atoms with Crippen molar-refractivity contribution in [1.29, 1.82) is 0 Å². The molecule has 4 rings (SSSR count). The summed E-state index contributed by atoms with van der Waals surface area (Å²) in [4.78, 5) is 27.5. The molecule has 2 amide bonds. The van der Waals surface area contributed by atoms with Crippen LogP contribution in [0, 0.1) is 0 Å². The molecule has 1 heterocycles. The second kappa shape index (κ2) is 13.4. The van der Waals surface area contributed by atoms with E-state index in [1.165, 1.54) is 18.2 Å². The number of hydrogen-bond donors (Lipinski definition) is 2. The van der Waals surface area contributed by atoms with E-state index in [0.29, 0.717) is 30.4 Å². The lowest BCUT2D eigenvalue weighted by atomic mass is 9.91. The van der Waals surface area contributed by atoms with Gasteiger partial charge < -0.3 is 20.1 Å². The lowest BCUT2D eigenvalue weighted by molar-refractivity contribution is -0.142. The fourth-order valence-electron chi connectivity index (χ4n) is 4.72. The van der Waals surface area contributed by atoms with Crippen molar-refractivity contribution in [1.82, 2.24) is 10.2 Å². The first kappa shape index (κ1) is 27.6. The molecule has 0 aliphatic carbocycles. The van der Waals surface area contributed by atoms with Gasteiger partial charge in [0.05, 0.1) is 32.3 Å². The number of anilines is 1. The van der Waals surface area contributed by atoms with Gasteiger partial charge in [0, 0.05) is 29.8 Å². The van der Waals surface area contributed by atoms with Gasteiger partial charge in [0.25, 0.3) is 0 Å². The maximum Gasteiger partial charge on any atom is 0.319 e. The van der Waals surface area contributed by atoms with Crippen molar-refractivity contribution in [3.63, 3.8) is 0 Å². The van der Waals surface area contributed by atoms with Crippen LogP contribution in [-0.2, 0) is 33.8 Å². The van der Waals surface area contributed by atoms with E-state index in [2.05, 4.69) is 27.7 Å². The number of ether oxygens (including phenoxy) is 2. The van der Waals surface area contributed by atoms with Gasteiger partial charge in [0.1, 0.15) is 0 Å². The Hall–Kier alpha value is -3.39. The molecule has 0 saturated heterocycles. The predicted octanol–water partition coefficient (Wildman–Crippen LogP) is 5.43. The zero-order valence-electron chi connectivity index (χ0n) is 21.7. The van der Waals surface area contributed by atoms with Gasteiger partial charge in [-0.2, -0.15) is 0 Å². The number of hydrogen-bond acceptors (Lipinski definition) is 5. The molecule has 200 valence electrons. The highest BCUT2D eigenvalue weighted by Gasteiger charge is 2.32. The van der Waals surface area contributed by atoms with Crippen molar-refractivity contribution >= 4 is 29.3 Å². The molecule has 2 N–H and O–H groups in total. The average molecular weight is 536 g/mol. The molecule has 1 aliphatic rings. The Morgan fingerprint density at radius 2 is 1.76 bits per heavy atom. The summed E-state index contributed by atoms with van der Waals surface area (Å²) in [5.74, 6) is -0.254. The molecule has 8 heteroatoms. The zero-order chi connectivity index (χ0) is 26.9. The molecule has 1 aliphatic heterocycles. The van der Waals surface area contributed by atoms with Crippen LogP contribution in [0.15, 0.2) is 78.9 Å². The number of halogens is 1. The van der Waals surface area contributed by atoms with Crippen LogP contribution >= 0.6 is 11.6 Å². The third kappa shape index (κ3) is 7.81. The maximum absolute atomic E-state index is 13.0. The van der Waals surface area contributed by atoms with E-state index in [9.17, 15) is 9.59 Å². The fourth-order valence-corrected chi connectivity index (χ4v) is 4.91. The van der Waals surface area contributed by atoms with Gasteiger partial charge in [-0.25, -0.2) is 4.79 Å². The van der Waals surface area contributed by atoms with E-state index in [0.717, 1.165) is 12.0 Å². The molecule has 3 atom stereocenters. The number of fused-ring (bicyclic) bond motifs is 1. The summed E-state index contributed by atoms with van der Waals surface area (Å²) >= 11 is 6.09. The first-order valence-electron chi connectivity index (χ1n) is 12.8. The summed E-state index contributed by atoms with van der Waals surface area (Å²) in [5.41, 5.74) is 4.10. The van der Waals surface area contributed by atoms with Crippen LogP contribution in [0.5, 0.6) is 0 Å². The summed E-state index contributed by atoms with van der Waals surface area (Å²) in [6.45, 7) is 3.54. The Balaban J connectivity index is 1.52. The number of rotatable bonds is 10. The monoisotopic (exact) mass is 535 g/mol. The Bertz CT molecular complexity index is 1220. The van der Waals surface area contributed by atoms with Gasteiger partial charge in [-0.05, 0) is 48.2 Å². The van der Waals surface area contributed by atoms with Crippen molar-refractivity contribution in [2.24, 2.45) is 0 Å². The van der Waals surface area contributed by atoms with Crippen LogP contribution in [0.1, 0.15) is 30.0 Å². The van der Waals surface area contributed by atoms with Gasteiger partial charge >= 0.3 is 12.0 Å². The predicted molar refractivity (Wildman–Crippen MR) is 149 cm³/mol. The smallest absolute Gasteiger partial charge is 0.319 e. The molecular formula is C30H34ClN3O4. The summed E-state index contributed by atoms with van der Waals surface area (Å²) in [7, 11) is 1.41. The number of methoxy groups -OCH3 is 1. The molecule has 3 aromatic rings. The van der Waals surface area contributed by atoms with Crippen molar-refractivity contribution in [2.75, 3.05) is 19.0 Å². The number of benzene rings is 3. The Morgan fingerprint density at radius 3 is 2.50 bits per heavy atom. The number of amides is 2. The molecule has 7 nitrogen and oxygen atoms in total. The number of carbonyl (C=O) groups is 2. The number of carbonyl (C=O) groups excluding carboxylic acids is 2. The number of urea groups is 1. The third-order valence-corrected chi connectivity index (χ3v) is 7.08. The Kier molecular flexibility index (Phi) is 9.76. The molecule has 0 spiro atoms. The number of nitrogens with zero attached hydrogens (tertiary/aromatic N) is 1. The van der Waals surface area contributed by atoms with E-state index in [4.69, 9.17) is 21.1 Å². The van der Waals surface area contributed by atoms with Crippen LogP contribution in [0.4, 0.5) is 10.5 Å². The van der Waals surface area contributed by atoms with Crippen LogP contribution in [0.2, 0.25) is 5.02 Å². The van der Waals surface area contributed by atoms with Gasteiger partial charge in [0.2, 0.25) is 0 Å². The SMILES string of the molecule is COC(=O)C[C@H]1Cc2ccccc2CN1C[C@H](NC(=O)Nc1cccc(Cl)c1)[C@@H](C)OCc1ccccc1. The van der Waals surface area contributed by atoms with Crippen molar-refractivity contribution in [2.45, 2.75) is 51.1 Å². The average Bonchev–Trinajstić information content (AvgIpc) is 2.92. The highest BCUT2D eigenvalue weighted by atomic mass is 35.5. The topological polar surface area (TPSA) is 79.9 Å². The number of esters is 1. The maximum atomic E-state index is 13.0. The first-order valence-corrected chi connectivity index (χ1v) is 13.2. The minimum absolute atomic E-state index is 0.0565.